The molecule has 0 saturated heterocycles. The fourth-order valence-electron chi connectivity index (χ4n) is 1.98. The van der Waals surface area contributed by atoms with Crippen LogP contribution in [0.15, 0.2) is 36.4 Å². The molecule has 0 atom stereocenters. The molecule has 0 spiro atoms. The third-order valence-electron chi connectivity index (χ3n) is 2.96. The van der Waals surface area contributed by atoms with E-state index in [1.165, 1.54) is 12.1 Å². The average Bonchev–Trinajstić information content (AvgIpc) is 2.43. The van der Waals surface area contributed by atoms with Gasteiger partial charge in [-0.2, -0.15) is 5.26 Å². The Bertz CT molecular complexity index is 679. The Morgan fingerprint density at radius 2 is 2.10 bits per heavy atom. The van der Waals surface area contributed by atoms with Crippen molar-refractivity contribution < 1.29 is 4.39 Å². The van der Waals surface area contributed by atoms with Crippen molar-refractivity contribution in [3.63, 3.8) is 0 Å². The Morgan fingerprint density at radius 3 is 2.80 bits per heavy atom. The molecular weight excluding hydrogens is 277 g/mol. The quantitative estimate of drug-likeness (QED) is 0.879. The minimum atomic E-state index is -0.534. The van der Waals surface area contributed by atoms with E-state index in [0.29, 0.717) is 23.5 Å². The lowest BCUT2D eigenvalue weighted by molar-refractivity contribution is 0.628. The molecule has 2 aromatic rings. The maximum Gasteiger partial charge on any atom is 0.143 e. The van der Waals surface area contributed by atoms with Gasteiger partial charge in [0.05, 0.1) is 28.0 Å². The van der Waals surface area contributed by atoms with Gasteiger partial charge in [0.2, 0.25) is 0 Å². The van der Waals surface area contributed by atoms with Crippen molar-refractivity contribution in [3.8, 4) is 6.07 Å². The number of hydrogen-bond donors (Lipinski definition) is 1. The molecule has 3 nitrogen and oxygen atoms in total. The summed E-state index contributed by atoms with van der Waals surface area (Å²) in [4.78, 5) is 1.86. The second kappa shape index (κ2) is 5.81. The van der Waals surface area contributed by atoms with Crippen molar-refractivity contribution in [2.45, 2.75) is 6.54 Å². The average molecular weight is 290 g/mol. The third-order valence-corrected chi connectivity index (χ3v) is 3.25. The summed E-state index contributed by atoms with van der Waals surface area (Å²) >= 11 is 5.78. The van der Waals surface area contributed by atoms with Crippen LogP contribution < -0.4 is 10.6 Å². The summed E-state index contributed by atoms with van der Waals surface area (Å²) in [6.07, 6.45) is 0. The third kappa shape index (κ3) is 3.01. The van der Waals surface area contributed by atoms with Crippen LogP contribution in [0.2, 0.25) is 5.02 Å². The number of rotatable bonds is 3. The van der Waals surface area contributed by atoms with E-state index in [4.69, 9.17) is 22.6 Å². The van der Waals surface area contributed by atoms with E-state index in [1.54, 1.807) is 12.1 Å². The van der Waals surface area contributed by atoms with E-state index in [9.17, 15) is 4.39 Å². The second-order valence-electron chi connectivity index (χ2n) is 4.49. The summed E-state index contributed by atoms with van der Waals surface area (Å²) in [7, 11) is 1.83. The molecule has 0 aliphatic rings. The molecule has 0 saturated carbocycles. The van der Waals surface area contributed by atoms with Crippen molar-refractivity contribution in [2.24, 2.45) is 0 Å². The number of nitrogens with zero attached hydrogens (tertiary/aromatic N) is 2. The molecule has 0 fully saturated rings. The number of nitriles is 1. The first-order chi connectivity index (χ1) is 9.51. The molecule has 0 aromatic heterocycles. The number of hydrogen-bond acceptors (Lipinski definition) is 3. The van der Waals surface area contributed by atoms with E-state index in [2.05, 4.69) is 6.07 Å². The number of halogens is 2. The smallest absolute Gasteiger partial charge is 0.143 e. The van der Waals surface area contributed by atoms with Gasteiger partial charge in [-0.3, -0.25) is 0 Å². The maximum atomic E-state index is 13.3. The summed E-state index contributed by atoms with van der Waals surface area (Å²) in [5.74, 6) is -0.534. The molecule has 102 valence electrons. The van der Waals surface area contributed by atoms with Gasteiger partial charge in [-0.05, 0) is 23.8 Å². The predicted molar refractivity (Wildman–Crippen MR) is 79.1 cm³/mol. The second-order valence-corrected chi connectivity index (χ2v) is 4.90. The van der Waals surface area contributed by atoms with Crippen LogP contribution in [0.3, 0.4) is 0 Å². The summed E-state index contributed by atoms with van der Waals surface area (Å²) in [6.45, 7) is 0.543. The van der Waals surface area contributed by atoms with Gasteiger partial charge < -0.3 is 10.6 Å². The van der Waals surface area contributed by atoms with Crippen LogP contribution in [0.25, 0.3) is 0 Å². The van der Waals surface area contributed by atoms with Crippen LogP contribution in [0, 0.1) is 17.1 Å². The Labute approximate surface area is 122 Å². The van der Waals surface area contributed by atoms with E-state index in [1.807, 2.05) is 24.1 Å². The van der Waals surface area contributed by atoms with Crippen LogP contribution in [0.1, 0.15) is 11.1 Å². The molecule has 0 heterocycles. The van der Waals surface area contributed by atoms with Gasteiger partial charge in [-0.15, -0.1) is 0 Å². The zero-order valence-electron chi connectivity index (χ0n) is 10.9. The Hall–Kier alpha value is -2.25. The molecule has 2 N–H and O–H groups in total. The molecule has 0 aliphatic carbocycles. The molecule has 20 heavy (non-hydrogen) atoms. The van der Waals surface area contributed by atoms with E-state index in [0.717, 1.165) is 5.56 Å². The number of nitrogen functional groups attached to an aromatic ring is 1. The van der Waals surface area contributed by atoms with E-state index >= 15 is 0 Å². The lowest BCUT2D eigenvalue weighted by Crippen LogP contribution is -2.18. The lowest BCUT2D eigenvalue weighted by Gasteiger charge is -2.21. The minimum absolute atomic E-state index is 0.0341. The van der Waals surface area contributed by atoms with Gasteiger partial charge in [-0.1, -0.05) is 23.7 Å². The fourth-order valence-corrected chi connectivity index (χ4v) is 2.14. The molecular formula is C15H13ClFN3. The fraction of sp³-hybridized carbons (Fsp3) is 0.133. The van der Waals surface area contributed by atoms with Gasteiger partial charge >= 0.3 is 0 Å². The predicted octanol–water partition coefficient (Wildman–Crippen LogP) is 3.57. The Kier molecular flexibility index (Phi) is 4.11. The van der Waals surface area contributed by atoms with Crippen LogP contribution >= 0.6 is 11.6 Å². The number of benzene rings is 2. The number of nitrogens with two attached hydrogens (primary N) is 1. The van der Waals surface area contributed by atoms with Gasteiger partial charge in [-0.25, -0.2) is 4.39 Å². The van der Waals surface area contributed by atoms with Gasteiger partial charge in [0.1, 0.15) is 5.82 Å². The van der Waals surface area contributed by atoms with Crippen molar-refractivity contribution in [1.82, 2.24) is 0 Å². The number of anilines is 2. The molecule has 0 aliphatic heterocycles. The lowest BCUT2D eigenvalue weighted by atomic mass is 10.1. The van der Waals surface area contributed by atoms with Gasteiger partial charge in [0.25, 0.3) is 0 Å². The molecule has 0 amide bonds. The highest BCUT2D eigenvalue weighted by Crippen LogP contribution is 2.29. The highest BCUT2D eigenvalue weighted by Gasteiger charge is 2.10. The summed E-state index contributed by atoms with van der Waals surface area (Å²) < 4.78 is 13.3. The summed E-state index contributed by atoms with van der Waals surface area (Å²) in [6, 6.07) is 12.1. The normalized spacial score (nSPS) is 10.1. The molecule has 5 heteroatoms. The Balaban J connectivity index is 2.26. The SMILES string of the molecule is CN(Cc1cccc(C#N)c1)c1cc(Cl)c(F)cc1N. The first-order valence-electron chi connectivity index (χ1n) is 5.96. The van der Waals surface area contributed by atoms with E-state index < -0.39 is 5.82 Å². The zero-order chi connectivity index (χ0) is 14.7. The van der Waals surface area contributed by atoms with Gasteiger partial charge in [0, 0.05) is 19.7 Å². The van der Waals surface area contributed by atoms with Crippen molar-refractivity contribution in [1.29, 1.82) is 5.26 Å². The van der Waals surface area contributed by atoms with Crippen LogP contribution in [-0.2, 0) is 6.54 Å². The Morgan fingerprint density at radius 1 is 1.35 bits per heavy atom. The molecule has 0 radical (unpaired) electrons. The zero-order valence-corrected chi connectivity index (χ0v) is 11.7. The van der Waals surface area contributed by atoms with Crippen molar-refractivity contribution in [2.75, 3.05) is 17.7 Å². The highest BCUT2D eigenvalue weighted by atomic mass is 35.5. The van der Waals surface area contributed by atoms with Gasteiger partial charge in [0.15, 0.2) is 0 Å². The molecule has 0 bridgehead atoms. The monoisotopic (exact) mass is 289 g/mol. The van der Waals surface area contributed by atoms with Crippen molar-refractivity contribution in [3.05, 3.63) is 58.4 Å². The van der Waals surface area contributed by atoms with E-state index in [-0.39, 0.29) is 5.02 Å². The maximum absolute atomic E-state index is 13.3. The minimum Gasteiger partial charge on any atom is -0.397 e. The van der Waals surface area contributed by atoms with Crippen molar-refractivity contribution >= 4 is 23.0 Å². The largest absolute Gasteiger partial charge is 0.397 e. The van der Waals surface area contributed by atoms with Crippen LogP contribution in [0.4, 0.5) is 15.8 Å². The molecule has 2 rings (SSSR count). The highest BCUT2D eigenvalue weighted by molar-refractivity contribution is 6.31. The van der Waals surface area contributed by atoms with Crippen LogP contribution in [0.5, 0.6) is 0 Å². The molecule has 0 unspecified atom stereocenters. The van der Waals surface area contributed by atoms with Crippen LogP contribution in [-0.4, -0.2) is 7.05 Å². The first-order valence-corrected chi connectivity index (χ1v) is 6.33. The molecule has 2 aromatic carbocycles. The standard InChI is InChI=1S/C15H13ClFN3/c1-20(9-11-4-2-3-10(5-11)8-18)15-6-12(16)13(17)7-14(15)19/h2-7H,9,19H2,1H3. The summed E-state index contributed by atoms with van der Waals surface area (Å²) in [5, 5.41) is 8.92. The topological polar surface area (TPSA) is 53.0 Å². The summed E-state index contributed by atoms with van der Waals surface area (Å²) in [5.41, 5.74) is 8.35. The first kappa shape index (κ1) is 14.2.